The molecule has 5 rings (SSSR count). The van der Waals surface area contributed by atoms with Gasteiger partial charge in [0.15, 0.2) is 22.8 Å². The van der Waals surface area contributed by atoms with Crippen molar-refractivity contribution < 1.29 is 0 Å². The Bertz CT molecular complexity index is 1220. The highest BCUT2D eigenvalue weighted by atomic mass is 32.1. The smallest absolute Gasteiger partial charge is 0.170 e. The molecule has 1 aromatic carbocycles. The Morgan fingerprint density at radius 1 is 1.11 bits per heavy atom. The summed E-state index contributed by atoms with van der Waals surface area (Å²) >= 11 is 3.38. The number of thiophene rings is 2. The topological polar surface area (TPSA) is 55.6 Å². The largest absolute Gasteiger partial charge is 0.368 e. The van der Waals surface area contributed by atoms with Crippen molar-refractivity contribution >= 4 is 49.7 Å². The van der Waals surface area contributed by atoms with Crippen molar-refractivity contribution in [3.05, 3.63) is 52.8 Å². The zero-order valence-electron chi connectivity index (χ0n) is 14.7. The average Bonchev–Trinajstić information content (AvgIpc) is 3.44. The van der Waals surface area contributed by atoms with Crippen molar-refractivity contribution in [2.24, 2.45) is 0 Å². The number of nitrogens with one attached hydrogen (secondary N) is 1. The van der Waals surface area contributed by atoms with E-state index in [4.69, 9.17) is 9.97 Å². The third kappa shape index (κ3) is 2.79. The molecule has 0 unspecified atom stereocenters. The molecule has 0 aliphatic heterocycles. The fraction of sp³-hybridized carbons (Fsp3) is 0.150. The van der Waals surface area contributed by atoms with E-state index >= 15 is 0 Å². The Balaban J connectivity index is 1.76. The third-order valence-electron chi connectivity index (χ3n) is 4.44. The lowest BCUT2D eigenvalue weighted by Crippen LogP contribution is -2.05. The first-order chi connectivity index (χ1) is 13.3. The van der Waals surface area contributed by atoms with E-state index < -0.39 is 0 Å². The van der Waals surface area contributed by atoms with Crippen molar-refractivity contribution in [2.75, 3.05) is 11.9 Å². The predicted molar refractivity (Wildman–Crippen MR) is 114 cm³/mol. The van der Waals surface area contributed by atoms with Crippen LogP contribution < -0.4 is 5.32 Å². The highest BCUT2D eigenvalue weighted by Crippen LogP contribution is 2.34. The first-order valence-electron chi connectivity index (χ1n) is 8.83. The molecule has 0 amide bonds. The van der Waals surface area contributed by atoms with Crippen LogP contribution in [0.3, 0.4) is 0 Å². The van der Waals surface area contributed by atoms with Crippen LogP contribution >= 0.6 is 22.7 Å². The molecule has 27 heavy (non-hydrogen) atoms. The van der Waals surface area contributed by atoms with Gasteiger partial charge in [-0.25, -0.2) is 15.0 Å². The van der Waals surface area contributed by atoms with E-state index in [2.05, 4.69) is 63.7 Å². The number of hydrogen-bond acceptors (Lipinski definition) is 6. The molecule has 0 atom stereocenters. The van der Waals surface area contributed by atoms with Gasteiger partial charge in [-0.15, -0.1) is 11.3 Å². The van der Waals surface area contributed by atoms with Crippen LogP contribution in [-0.2, 0) is 0 Å². The molecular weight excluding hydrogens is 374 g/mol. The highest BCUT2D eigenvalue weighted by molar-refractivity contribution is 7.17. The standard InChI is InChI=1S/C20H17N5S2/c1-2-8-21-19-17-20(25(12-22-17)13-7-9-26-10-13)24-18(23-19)15-11-27-16-6-4-3-5-14(15)16/h3-7,9-12H,2,8H2,1H3,(H,21,23,24). The first kappa shape index (κ1) is 16.4. The molecule has 5 nitrogen and oxygen atoms in total. The van der Waals surface area contributed by atoms with Crippen molar-refractivity contribution in [1.82, 2.24) is 19.5 Å². The number of hydrogen-bond donors (Lipinski definition) is 1. The minimum atomic E-state index is 0.732. The lowest BCUT2D eigenvalue weighted by Gasteiger charge is -2.08. The Labute approximate surface area is 164 Å². The minimum absolute atomic E-state index is 0.732. The molecule has 0 aliphatic carbocycles. The first-order valence-corrected chi connectivity index (χ1v) is 10.7. The summed E-state index contributed by atoms with van der Waals surface area (Å²) < 4.78 is 3.27. The van der Waals surface area contributed by atoms with Gasteiger partial charge in [-0.05, 0) is 23.9 Å². The number of aromatic nitrogens is 4. The van der Waals surface area contributed by atoms with Gasteiger partial charge in [0, 0.05) is 33.0 Å². The molecular formula is C20H17N5S2. The number of fused-ring (bicyclic) bond motifs is 2. The van der Waals surface area contributed by atoms with E-state index in [0.717, 1.165) is 47.0 Å². The Morgan fingerprint density at radius 2 is 2.04 bits per heavy atom. The van der Waals surface area contributed by atoms with Crippen molar-refractivity contribution in [3.63, 3.8) is 0 Å². The summed E-state index contributed by atoms with van der Waals surface area (Å²) in [5.74, 6) is 1.52. The lowest BCUT2D eigenvalue weighted by atomic mass is 10.1. The van der Waals surface area contributed by atoms with Crippen molar-refractivity contribution in [2.45, 2.75) is 13.3 Å². The van der Waals surface area contributed by atoms with E-state index in [1.165, 1.54) is 10.1 Å². The van der Waals surface area contributed by atoms with E-state index in [9.17, 15) is 0 Å². The molecule has 4 aromatic heterocycles. The maximum atomic E-state index is 4.91. The minimum Gasteiger partial charge on any atom is -0.368 e. The summed E-state index contributed by atoms with van der Waals surface area (Å²) in [5.41, 5.74) is 3.77. The lowest BCUT2D eigenvalue weighted by molar-refractivity contribution is 0.969. The highest BCUT2D eigenvalue weighted by Gasteiger charge is 2.17. The SMILES string of the molecule is CCCNc1nc(-c2csc3ccccc23)nc2c1ncn2-c1ccsc1. The zero-order chi connectivity index (χ0) is 18.2. The molecule has 4 heterocycles. The molecule has 0 saturated carbocycles. The summed E-state index contributed by atoms with van der Waals surface area (Å²) in [5, 5.41) is 10.9. The maximum absolute atomic E-state index is 4.91. The third-order valence-corrected chi connectivity index (χ3v) is 6.08. The number of benzene rings is 1. The van der Waals surface area contributed by atoms with Gasteiger partial charge in [0.1, 0.15) is 6.33 Å². The van der Waals surface area contributed by atoms with Crippen molar-refractivity contribution in [1.29, 1.82) is 0 Å². The second-order valence-corrected chi connectivity index (χ2v) is 7.93. The van der Waals surface area contributed by atoms with Gasteiger partial charge in [-0.1, -0.05) is 25.1 Å². The van der Waals surface area contributed by atoms with Crippen LogP contribution in [-0.4, -0.2) is 26.1 Å². The number of imidazole rings is 1. The van der Waals surface area contributed by atoms with E-state index in [-0.39, 0.29) is 0 Å². The maximum Gasteiger partial charge on any atom is 0.170 e. The van der Waals surface area contributed by atoms with Crippen LogP contribution in [0.5, 0.6) is 0 Å². The van der Waals surface area contributed by atoms with Crippen LogP contribution in [0.2, 0.25) is 0 Å². The molecule has 7 heteroatoms. The normalized spacial score (nSPS) is 11.4. The van der Waals surface area contributed by atoms with E-state index in [0.29, 0.717) is 0 Å². The fourth-order valence-corrected chi connectivity index (χ4v) is 4.69. The van der Waals surface area contributed by atoms with E-state index in [1.807, 2.05) is 10.9 Å². The molecule has 0 spiro atoms. The molecule has 0 aliphatic rings. The summed E-state index contributed by atoms with van der Waals surface area (Å²) in [4.78, 5) is 14.3. The Kier molecular flexibility index (Phi) is 4.10. The van der Waals surface area contributed by atoms with Gasteiger partial charge < -0.3 is 5.32 Å². The molecule has 1 N–H and O–H groups in total. The molecule has 5 aromatic rings. The summed E-state index contributed by atoms with van der Waals surface area (Å²) in [6.45, 7) is 2.99. The van der Waals surface area contributed by atoms with Crippen LogP contribution in [0.15, 0.2) is 52.8 Å². The second kappa shape index (κ2) is 6.75. The fourth-order valence-electron chi connectivity index (χ4n) is 3.12. The summed E-state index contributed by atoms with van der Waals surface area (Å²) in [6.07, 6.45) is 2.85. The monoisotopic (exact) mass is 391 g/mol. The van der Waals surface area contributed by atoms with Crippen LogP contribution in [0.25, 0.3) is 38.3 Å². The van der Waals surface area contributed by atoms with Crippen LogP contribution in [0.1, 0.15) is 13.3 Å². The van der Waals surface area contributed by atoms with Crippen LogP contribution in [0.4, 0.5) is 5.82 Å². The Hall–Kier alpha value is -2.77. The van der Waals surface area contributed by atoms with Gasteiger partial charge in [0.2, 0.25) is 0 Å². The van der Waals surface area contributed by atoms with Gasteiger partial charge >= 0.3 is 0 Å². The average molecular weight is 392 g/mol. The molecule has 0 radical (unpaired) electrons. The van der Waals surface area contributed by atoms with Gasteiger partial charge in [0.25, 0.3) is 0 Å². The van der Waals surface area contributed by atoms with Gasteiger partial charge in [-0.2, -0.15) is 11.3 Å². The summed E-state index contributed by atoms with van der Waals surface area (Å²) in [6, 6.07) is 10.5. The second-order valence-electron chi connectivity index (χ2n) is 6.24. The molecule has 134 valence electrons. The number of anilines is 1. The van der Waals surface area contributed by atoms with Gasteiger partial charge in [0.05, 0.1) is 5.69 Å². The zero-order valence-corrected chi connectivity index (χ0v) is 16.3. The van der Waals surface area contributed by atoms with Crippen LogP contribution in [0, 0.1) is 0 Å². The van der Waals surface area contributed by atoms with Gasteiger partial charge in [-0.3, -0.25) is 4.57 Å². The predicted octanol–water partition coefficient (Wildman–Crippen LogP) is 5.58. The van der Waals surface area contributed by atoms with Crippen molar-refractivity contribution in [3.8, 4) is 17.1 Å². The quantitative estimate of drug-likeness (QED) is 0.425. The Morgan fingerprint density at radius 3 is 2.89 bits per heavy atom. The summed E-state index contributed by atoms with van der Waals surface area (Å²) in [7, 11) is 0. The number of rotatable bonds is 5. The number of nitrogens with zero attached hydrogens (tertiary/aromatic N) is 4. The molecule has 0 bridgehead atoms. The molecule has 0 saturated heterocycles. The molecule has 0 fully saturated rings. The van der Waals surface area contributed by atoms with E-state index in [1.54, 1.807) is 22.7 Å².